The van der Waals surface area contributed by atoms with Crippen molar-refractivity contribution in [2.24, 2.45) is 0 Å². The Bertz CT molecular complexity index is 435. The Morgan fingerprint density at radius 3 is 2.94 bits per heavy atom. The van der Waals surface area contributed by atoms with E-state index in [1.54, 1.807) is 0 Å². The molecule has 0 saturated carbocycles. The fourth-order valence-electron chi connectivity index (χ4n) is 1.97. The van der Waals surface area contributed by atoms with Crippen molar-refractivity contribution in [3.63, 3.8) is 0 Å². The Balaban J connectivity index is 2.21. The average Bonchev–Trinajstić information content (AvgIpc) is 2.32. The van der Waals surface area contributed by atoms with Crippen LogP contribution >= 0.6 is 27.7 Å². The molecule has 0 aromatic heterocycles. The number of rotatable bonds is 1. The molecule has 1 aliphatic rings. The van der Waals surface area contributed by atoms with Crippen molar-refractivity contribution in [2.75, 3.05) is 18.1 Å². The third kappa shape index (κ3) is 2.86. The summed E-state index contributed by atoms with van der Waals surface area (Å²) in [6.07, 6.45) is 0. The molecule has 1 amide bonds. The highest BCUT2D eigenvalue weighted by atomic mass is 79.9. The van der Waals surface area contributed by atoms with E-state index < -0.39 is 0 Å². The van der Waals surface area contributed by atoms with Crippen LogP contribution < -0.4 is 0 Å². The van der Waals surface area contributed by atoms with Crippen LogP contribution in [0.5, 0.6) is 0 Å². The molecule has 1 atom stereocenters. The van der Waals surface area contributed by atoms with Crippen LogP contribution in [0.1, 0.15) is 22.8 Å². The lowest BCUT2D eigenvalue weighted by molar-refractivity contribution is 0.0716. The number of carbonyl (C=O) groups is 1. The van der Waals surface area contributed by atoms with Crippen molar-refractivity contribution in [3.8, 4) is 0 Å². The molecule has 1 saturated heterocycles. The zero-order valence-electron chi connectivity index (χ0n) is 10.1. The third-order valence-electron chi connectivity index (χ3n) is 3.03. The van der Waals surface area contributed by atoms with Crippen molar-refractivity contribution in [2.45, 2.75) is 19.9 Å². The van der Waals surface area contributed by atoms with Crippen LogP contribution in [0.2, 0.25) is 0 Å². The van der Waals surface area contributed by atoms with Gasteiger partial charge in [0.05, 0.1) is 0 Å². The van der Waals surface area contributed by atoms with E-state index in [4.69, 9.17) is 0 Å². The van der Waals surface area contributed by atoms with Gasteiger partial charge in [0, 0.05) is 34.1 Å². The molecule has 0 bridgehead atoms. The Labute approximate surface area is 115 Å². The topological polar surface area (TPSA) is 20.3 Å². The first-order chi connectivity index (χ1) is 8.09. The van der Waals surface area contributed by atoms with E-state index in [1.807, 2.05) is 41.8 Å². The molecule has 1 aromatic carbocycles. The van der Waals surface area contributed by atoms with Crippen molar-refractivity contribution < 1.29 is 4.79 Å². The summed E-state index contributed by atoms with van der Waals surface area (Å²) >= 11 is 5.38. The van der Waals surface area contributed by atoms with E-state index in [2.05, 4.69) is 22.9 Å². The summed E-state index contributed by atoms with van der Waals surface area (Å²) in [7, 11) is 0. The number of halogens is 1. The molecule has 1 unspecified atom stereocenters. The molecule has 0 aliphatic carbocycles. The minimum atomic E-state index is 0.161. The maximum atomic E-state index is 12.4. The molecular weight excluding hydrogens is 298 g/mol. The highest BCUT2D eigenvalue weighted by Crippen LogP contribution is 2.21. The summed E-state index contributed by atoms with van der Waals surface area (Å²) in [5.41, 5.74) is 1.90. The smallest absolute Gasteiger partial charge is 0.254 e. The van der Waals surface area contributed by atoms with Crippen molar-refractivity contribution >= 4 is 33.6 Å². The lowest BCUT2D eigenvalue weighted by Crippen LogP contribution is -2.44. The minimum Gasteiger partial charge on any atom is -0.334 e. The van der Waals surface area contributed by atoms with Gasteiger partial charge in [-0.05, 0) is 37.6 Å². The first kappa shape index (κ1) is 13.0. The van der Waals surface area contributed by atoms with Gasteiger partial charge in [0.25, 0.3) is 5.91 Å². The number of carbonyl (C=O) groups excluding carboxylic acids is 1. The number of aryl methyl sites for hydroxylation is 1. The molecule has 1 fully saturated rings. The summed E-state index contributed by atoms with van der Waals surface area (Å²) in [4.78, 5) is 14.4. The van der Waals surface area contributed by atoms with Gasteiger partial charge in [-0.1, -0.05) is 15.9 Å². The summed E-state index contributed by atoms with van der Waals surface area (Å²) < 4.78 is 1.05. The van der Waals surface area contributed by atoms with Crippen molar-refractivity contribution in [3.05, 3.63) is 33.8 Å². The molecule has 2 rings (SSSR count). The van der Waals surface area contributed by atoms with E-state index in [1.165, 1.54) is 0 Å². The Hall–Kier alpha value is -0.480. The molecular formula is C13H16BrNOS. The molecule has 17 heavy (non-hydrogen) atoms. The van der Waals surface area contributed by atoms with E-state index in [9.17, 15) is 4.79 Å². The van der Waals surface area contributed by atoms with Gasteiger partial charge in [0.1, 0.15) is 0 Å². The highest BCUT2D eigenvalue weighted by molar-refractivity contribution is 9.10. The van der Waals surface area contributed by atoms with Crippen molar-refractivity contribution in [1.29, 1.82) is 0 Å². The summed E-state index contributed by atoms with van der Waals surface area (Å²) in [5, 5.41) is 0. The van der Waals surface area contributed by atoms with Gasteiger partial charge in [-0.25, -0.2) is 0 Å². The average molecular weight is 314 g/mol. The third-order valence-corrected chi connectivity index (χ3v) is 5.11. The Kier molecular flexibility index (Phi) is 4.15. The van der Waals surface area contributed by atoms with Crippen LogP contribution in [-0.4, -0.2) is 34.9 Å². The number of hydrogen-bond donors (Lipinski definition) is 0. The monoisotopic (exact) mass is 313 g/mol. The molecule has 1 aliphatic heterocycles. The summed E-state index contributed by atoms with van der Waals surface area (Å²) in [5.74, 6) is 2.25. The van der Waals surface area contributed by atoms with Crippen LogP contribution in [0.3, 0.4) is 0 Å². The predicted octanol–water partition coefficient (Wildman–Crippen LogP) is 3.34. The Morgan fingerprint density at radius 2 is 2.29 bits per heavy atom. The van der Waals surface area contributed by atoms with Gasteiger partial charge in [-0.15, -0.1) is 0 Å². The quantitative estimate of drug-likeness (QED) is 0.792. The van der Waals surface area contributed by atoms with Gasteiger partial charge < -0.3 is 4.90 Å². The number of hydrogen-bond acceptors (Lipinski definition) is 2. The van der Waals surface area contributed by atoms with E-state index in [0.29, 0.717) is 6.04 Å². The maximum Gasteiger partial charge on any atom is 0.254 e. The zero-order chi connectivity index (χ0) is 12.4. The number of benzene rings is 1. The number of amides is 1. The molecule has 1 aromatic rings. The molecule has 4 heteroatoms. The molecule has 92 valence electrons. The van der Waals surface area contributed by atoms with Crippen LogP contribution in [-0.2, 0) is 0 Å². The number of thioether (sulfide) groups is 1. The maximum absolute atomic E-state index is 12.4. The second-order valence-electron chi connectivity index (χ2n) is 4.39. The van der Waals surface area contributed by atoms with Crippen molar-refractivity contribution in [1.82, 2.24) is 4.90 Å². The van der Waals surface area contributed by atoms with Crippen LogP contribution in [0, 0.1) is 6.92 Å². The highest BCUT2D eigenvalue weighted by Gasteiger charge is 2.24. The molecule has 1 heterocycles. The normalized spacial score (nSPS) is 20.4. The minimum absolute atomic E-state index is 0.161. The van der Waals surface area contributed by atoms with Crippen LogP contribution in [0.4, 0.5) is 0 Å². The lowest BCUT2D eigenvalue weighted by atomic mass is 10.1. The predicted molar refractivity (Wildman–Crippen MR) is 76.7 cm³/mol. The van der Waals surface area contributed by atoms with E-state index in [0.717, 1.165) is 33.7 Å². The Morgan fingerprint density at radius 1 is 1.53 bits per heavy atom. The van der Waals surface area contributed by atoms with Gasteiger partial charge >= 0.3 is 0 Å². The van der Waals surface area contributed by atoms with E-state index >= 15 is 0 Å². The van der Waals surface area contributed by atoms with E-state index in [-0.39, 0.29) is 5.91 Å². The summed E-state index contributed by atoms with van der Waals surface area (Å²) in [6, 6.07) is 6.14. The fourth-order valence-corrected chi connectivity index (χ4v) is 3.23. The fraction of sp³-hybridized carbons (Fsp3) is 0.462. The second kappa shape index (κ2) is 5.44. The van der Waals surface area contributed by atoms with Gasteiger partial charge in [-0.3, -0.25) is 4.79 Å². The SMILES string of the molecule is Cc1cc(C(=O)N2CCSCC2C)ccc1Br. The van der Waals surface area contributed by atoms with Gasteiger partial charge in [0.2, 0.25) is 0 Å². The lowest BCUT2D eigenvalue weighted by Gasteiger charge is -2.33. The molecule has 2 nitrogen and oxygen atoms in total. The zero-order valence-corrected chi connectivity index (χ0v) is 12.5. The largest absolute Gasteiger partial charge is 0.334 e. The first-order valence-corrected chi connectivity index (χ1v) is 7.69. The molecule has 0 radical (unpaired) electrons. The standard InChI is InChI=1S/C13H16BrNOS/c1-9-7-11(3-4-12(9)14)13(16)15-5-6-17-8-10(15)2/h3-4,7,10H,5-6,8H2,1-2H3. The first-order valence-electron chi connectivity index (χ1n) is 5.74. The van der Waals surface area contributed by atoms with Gasteiger partial charge in [0.15, 0.2) is 0 Å². The van der Waals surface area contributed by atoms with Gasteiger partial charge in [-0.2, -0.15) is 11.8 Å². The molecule has 0 spiro atoms. The summed E-state index contributed by atoms with van der Waals surface area (Å²) in [6.45, 7) is 4.99. The van der Waals surface area contributed by atoms with Crippen LogP contribution in [0.15, 0.2) is 22.7 Å². The second-order valence-corrected chi connectivity index (χ2v) is 6.39. The van der Waals surface area contributed by atoms with Crippen LogP contribution in [0.25, 0.3) is 0 Å². The molecule has 0 N–H and O–H groups in total. The number of nitrogens with zero attached hydrogens (tertiary/aromatic N) is 1.